The van der Waals surface area contributed by atoms with Gasteiger partial charge in [0.05, 0.1) is 6.10 Å². The van der Waals surface area contributed by atoms with Crippen molar-refractivity contribution in [3.8, 4) is 0 Å². The largest absolute Gasteiger partial charge is 0.478 e. The molecule has 9 nitrogen and oxygen atoms in total. The van der Waals surface area contributed by atoms with E-state index in [1.54, 1.807) is 4.90 Å². The summed E-state index contributed by atoms with van der Waals surface area (Å²) in [5, 5.41) is 9.33. The van der Waals surface area contributed by atoms with E-state index in [1.807, 2.05) is 13.8 Å². The van der Waals surface area contributed by atoms with Crippen LogP contribution in [0.15, 0.2) is 9.31 Å². The van der Waals surface area contributed by atoms with Gasteiger partial charge in [-0.2, -0.15) is 4.31 Å². The average Bonchev–Trinajstić information content (AvgIpc) is 2.87. The molecule has 0 radical (unpaired) electrons. The van der Waals surface area contributed by atoms with Crippen LogP contribution in [0.2, 0.25) is 0 Å². The first-order valence-electron chi connectivity index (χ1n) is 8.28. The maximum absolute atomic E-state index is 12.9. The first-order chi connectivity index (χ1) is 12.1. The first-order valence-corrected chi connectivity index (χ1v) is 9.72. The minimum Gasteiger partial charge on any atom is -0.478 e. The van der Waals surface area contributed by atoms with E-state index >= 15 is 0 Å². The molecule has 1 saturated heterocycles. The minimum absolute atomic E-state index is 0.0451. The van der Waals surface area contributed by atoms with Crippen molar-refractivity contribution < 1.29 is 32.3 Å². The second kappa shape index (κ2) is 7.77. The SMILES string of the molecule is Cc1oc(C)c(S(=O)(=O)N2CCN(C(=O)COC(C)C)CC2)c1C(=O)O. The van der Waals surface area contributed by atoms with Crippen LogP contribution in [0.3, 0.4) is 0 Å². The summed E-state index contributed by atoms with van der Waals surface area (Å²) in [7, 11) is -4.03. The standard InChI is InChI=1S/C16H24N2O7S/c1-10(2)24-9-13(19)17-5-7-18(8-6-17)26(22,23)15-12(4)25-11(3)14(15)16(20)21/h10H,5-9H2,1-4H3,(H,20,21). The maximum Gasteiger partial charge on any atom is 0.340 e. The topological polar surface area (TPSA) is 117 Å². The molecule has 1 aliphatic rings. The molecule has 2 rings (SSSR count). The van der Waals surface area contributed by atoms with Crippen molar-refractivity contribution in [2.45, 2.75) is 38.7 Å². The monoisotopic (exact) mass is 388 g/mol. The van der Waals surface area contributed by atoms with E-state index in [2.05, 4.69) is 0 Å². The predicted octanol–water partition coefficient (Wildman–Crippen LogP) is 0.853. The molecule has 1 aliphatic heterocycles. The van der Waals surface area contributed by atoms with Crippen molar-refractivity contribution in [1.82, 2.24) is 9.21 Å². The molecule has 10 heteroatoms. The normalized spacial score (nSPS) is 16.3. The third-order valence-corrected chi connectivity index (χ3v) is 6.20. The summed E-state index contributed by atoms with van der Waals surface area (Å²) in [6, 6.07) is 0. The molecule has 1 aromatic rings. The van der Waals surface area contributed by atoms with Crippen molar-refractivity contribution in [2.75, 3.05) is 32.8 Å². The summed E-state index contributed by atoms with van der Waals surface area (Å²) in [4.78, 5) is 24.7. The Balaban J connectivity index is 2.14. The lowest BCUT2D eigenvalue weighted by atomic mass is 10.2. The highest BCUT2D eigenvalue weighted by Crippen LogP contribution is 2.29. The molecule has 0 bridgehead atoms. The van der Waals surface area contributed by atoms with E-state index in [1.165, 1.54) is 18.2 Å². The predicted molar refractivity (Wildman–Crippen MR) is 91.6 cm³/mol. The van der Waals surface area contributed by atoms with E-state index in [-0.39, 0.29) is 66.8 Å². The van der Waals surface area contributed by atoms with Crippen molar-refractivity contribution in [3.63, 3.8) is 0 Å². The number of carboxylic acids is 1. The lowest BCUT2D eigenvalue weighted by molar-refractivity contribution is -0.138. The van der Waals surface area contributed by atoms with E-state index in [4.69, 9.17) is 9.15 Å². The Bertz CT molecular complexity index is 790. The molecule has 0 unspecified atom stereocenters. The fourth-order valence-corrected chi connectivity index (χ4v) is 4.65. The van der Waals surface area contributed by atoms with Crippen LogP contribution in [0.5, 0.6) is 0 Å². The summed E-state index contributed by atoms with van der Waals surface area (Å²) in [5.74, 6) is -1.45. The molecule has 0 atom stereocenters. The molecule has 0 spiro atoms. The molecule has 26 heavy (non-hydrogen) atoms. The summed E-state index contributed by atoms with van der Waals surface area (Å²) in [6.45, 7) is 7.05. The molecule has 146 valence electrons. The molecule has 1 fully saturated rings. The van der Waals surface area contributed by atoms with Crippen LogP contribution in [0, 0.1) is 13.8 Å². The van der Waals surface area contributed by atoms with Crippen LogP contribution in [0.25, 0.3) is 0 Å². The maximum atomic E-state index is 12.9. The summed E-state index contributed by atoms with van der Waals surface area (Å²) >= 11 is 0. The van der Waals surface area contributed by atoms with E-state index in [0.29, 0.717) is 0 Å². The number of carbonyl (C=O) groups is 2. The van der Waals surface area contributed by atoms with Gasteiger partial charge in [-0.1, -0.05) is 0 Å². The number of aryl methyl sites for hydroxylation is 2. The number of carbonyl (C=O) groups excluding carboxylic acids is 1. The Labute approximate surface area is 152 Å². The van der Waals surface area contributed by atoms with Crippen molar-refractivity contribution in [1.29, 1.82) is 0 Å². The molecular formula is C16H24N2O7S. The first kappa shape index (κ1) is 20.4. The zero-order valence-electron chi connectivity index (χ0n) is 15.3. The summed E-state index contributed by atoms with van der Waals surface area (Å²) < 4.78 is 37.5. The molecule has 0 aliphatic carbocycles. The molecule has 0 saturated carbocycles. The van der Waals surface area contributed by atoms with Crippen LogP contribution in [0.1, 0.15) is 35.7 Å². The zero-order chi connectivity index (χ0) is 19.6. The number of sulfonamides is 1. The number of hydrogen-bond donors (Lipinski definition) is 1. The van der Waals surface area contributed by atoms with Crippen LogP contribution < -0.4 is 0 Å². The Morgan fingerprint density at radius 1 is 1.15 bits per heavy atom. The Morgan fingerprint density at radius 3 is 2.23 bits per heavy atom. The fraction of sp³-hybridized carbons (Fsp3) is 0.625. The van der Waals surface area contributed by atoms with E-state index < -0.39 is 16.0 Å². The number of piperazine rings is 1. The van der Waals surface area contributed by atoms with E-state index in [9.17, 15) is 23.1 Å². The molecule has 1 aromatic heterocycles. The van der Waals surface area contributed by atoms with Gasteiger partial charge in [0.15, 0.2) is 0 Å². The van der Waals surface area contributed by atoms with Crippen LogP contribution in [-0.2, 0) is 19.6 Å². The van der Waals surface area contributed by atoms with Crippen molar-refractivity contribution in [2.24, 2.45) is 0 Å². The Morgan fingerprint density at radius 2 is 1.73 bits per heavy atom. The second-order valence-electron chi connectivity index (χ2n) is 6.37. The number of nitrogens with zero attached hydrogens (tertiary/aromatic N) is 2. The highest BCUT2D eigenvalue weighted by atomic mass is 32.2. The van der Waals surface area contributed by atoms with Crippen LogP contribution in [0.4, 0.5) is 0 Å². The van der Waals surface area contributed by atoms with Crippen molar-refractivity contribution in [3.05, 3.63) is 17.1 Å². The van der Waals surface area contributed by atoms with Gasteiger partial charge in [-0.25, -0.2) is 13.2 Å². The number of furan rings is 1. The smallest absolute Gasteiger partial charge is 0.340 e. The minimum atomic E-state index is -4.03. The number of amides is 1. The molecule has 1 N–H and O–H groups in total. The van der Waals surface area contributed by atoms with Gasteiger partial charge in [-0.15, -0.1) is 0 Å². The third-order valence-electron chi connectivity index (χ3n) is 4.15. The highest BCUT2D eigenvalue weighted by Gasteiger charge is 2.37. The average molecular weight is 388 g/mol. The van der Waals surface area contributed by atoms with Gasteiger partial charge in [-0.3, -0.25) is 4.79 Å². The number of rotatable bonds is 6. The summed E-state index contributed by atoms with van der Waals surface area (Å²) in [5.41, 5.74) is -0.341. The number of carboxylic acid groups (broad SMARTS) is 1. The highest BCUT2D eigenvalue weighted by molar-refractivity contribution is 7.89. The van der Waals surface area contributed by atoms with Gasteiger partial charge in [0.2, 0.25) is 15.9 Å². The Hall–Kier alpha value is -1.91. The molecule has 0 aromatic carbocycles. The zero-order valence-corrected chi connectivity index (χ0v) is 16.1. The number of ether oxygens (including phenoxy) is 1. The van der Waals surface area contributed by atoms with Crippen LogP contribution >= 0.6 is 0 Å². The van der Waals surface area contributed by atoms with Gasteiger partial charge in [0.25, 0.3) is 0 Å². The number of aromatic carboxylic acids is 1. The lowest BCUT2D eigenvalue weighted by Gasteiger charge is -2.34. The quantitative estimate of drug-likeness (QED) is 0.768. The number of hydrogen-bond acceptors (Lipinski definition) is 6. The van der Waals surface area contributed by atoms with Gasteiger partial charge in [0.1, 0.15) is 28.6 Å². The van der Waals surface area contributed by atoms with E-state index in [0.717, 1.165) is 0 Å². The Kier molecular flexibility index (Phi) is 6.09. The van der Waals surface area contributed by atoms with Crippen LogP contribution in [-0.4, -0.2) is 73.5 Å². The fourth-order valence-electron chi connectivity index (χ4n) is 2.86. The molecule has 1 amide bonds. The van der Waals surface area contributed by atoms with Gasteiger partial charge < -0.3 is 19.2 Å². The lowest BCUT2D eigenvalue weighted by Crippen LogP contribution is -2.51. The van der Waals surface area contributed by atoms with Crippen molar-refractivity contribution >= 4 is 21.9 Å². The summed E-state index contributed by atoms with van der Waals surface area (Å²) in [6.07, 6.45) is -0.0673. The molecular weight excluding hydrogens is 364 g/mol. The van der Waals surface area contributed by atoms with Gasteiger partial charge in [-0.05, 0) is 27.7 Å². The molecule has 2 heterocycles. The van der Waals surface area contributed by atoms with Gasteiger partial charge in [0, 0.05) is 26.2 Å². The third kappa shape index (κ3) is 4.08. The second-order valence-corrected chi connectivity index (χ2v) is 8.24. The van der Waals surface area contributed by atoms with Gasteiger partial charge >= 0.3 is 5.97 Å².